The molecule has 1 aromatic rings. The Balaban J connectivity index is 3.20. The number of carbonyl (C=O) groups is 1. The molecular formula is C10H9Br2FO2. The molecule has 0 aliphatic heterocycles. The largest absolute Gasteiger partial charge is 0.462 e. The molecule has 0 unspecified atom stereocenters. The van der Waals surface area contributed by atoms with E-state index in [1.807, 2.05) is 0 Å². The summed E-state index contributed by atoms with van der Waals surface area (Å²) in [6.45, 7) is 1.98. The van der Waals surface area contributed by atoms with Gasteiger partial charge in [-0.15, -0.1) is 0 Å². The summed E-state index contributed by atoms with van der Waals surface area (Å²) in [6, 6.07) is 2.50. The van der Waals surface area contributed by atoms with Crippen molar-refractivity contribution in [1.29, 1.82) is 0 Å². The number of rotatable bonds is 3. The van der Waals surface area contributed by atoms with Crippen molar-refractivity contribution in [3.63, 3.8) is 0 Å². The first-order chi connectivity index (χ1) is 7.10. The topological polar surface area (TPSA) is 26.3 Å². The van der Waals surface area contributed by atoms with Crippen molar-refractivity contribution in [2.45, 2.75) is 12.3 Å². The predicted octanol–water partition coefficient (Wildman–Crippen LogP) is 3.66. The van der Waals surface area contributed by atoms with E-state index in [9.17, 15) is 9.18 Å². The van der Waals surface area contributed by atoms with E-state index in [1.165, 1.54) is 12.1 Å². The molecule has 0 atom stereocenters. The van der Waals surface area contributed by atoms with Gasteiger partial charge in [0.1, 0.15) is 5.82 Å². The lowest BCUT2D eigenvalue weighted by Gasteiger charge is -2.08. The third-order valence-corrected chi connectivity index (χ3v) is 3.06. The van der Waals surface area contributed by atoms with Crippen molar-refractivity contribution >= 4 is 37.8 Å². The standard InChI is InChI=1S/C10H9Br2FO2/c1-2-15-10(14)7-3-6(13)4-9(12)8(7)5-11/h3-4H,2,5H2,1H3. The van der Waals surface area contributed by atoms with Crippen molar-refractivity contribution in [1.82, 2.24) is 0 Å². The van der Waals surface area contributed by atoms with Crippen LogP contribution in [0.25, 0.3) is 0 Å². The van der Waals surface area contributed by atoms with E-state index in [0.29, 0.717) is 15.4 Å². The second-order valence-electron chi connectivity index (χ2n) is 2.77. The normalized spacial score (nSPS) is 10.1. The minimum Gasteiger partial charge on any atom is -0.462 e. The number of hydrogen-bond donors (Lipinski definition) is 0. The first kappa shape index (κ1) is 12.6. The number of hydrogen-bond acceptors (Lipinski definition) is 2. The van der Waals surface area contributed by atoms with E-state index < -0.39 is 11.8 Å². The molecule has 15 heavy (non-hydrogen) atoms. The molecule has 0 saturated heterocycles. The maximum Gasteiger partial charge on any atom is 0.338 e. The first-order valence-corrected chi connectivity index (χ1v) is 6.22. The van der Waals surface area contributed by atoms with Gasteiger partial charge in [-0.05, 0) is 24.6 Å². The fourth-order valence-electron chi connectivity index (χ4n) is 1.13. The fourth-order valence-corrected chi connectivity index (χ4v) is 2.68. The van der Waals surface area contributed by atoms with Gasteiger partial charge < -0.3 is 4.74 Å². The summed E-state index contributed by atoms with van der Waals surface area (Å²) in [4.78, 5) is 11.5. The fraction of sp³-hybridized carbons (Fsp3) is 0.300. The predicted molar refractivity (Wildman–Crippen MR) is 62.7 cm³/mol. The number of alkyl halides is 1. The van der Waals surface area contributed by atoms with Gasteiger partial charge in [0.15, 0.2) is 0 Å². The molecule has 2 nitrogen and oxygen atoms in total. The molecule has 0 N–H and O–H groups in total. The molecule has 1 aromatic carbocycles. The third-order valence-electron chi connectivity index (χ3n) is 1.79. The molecule has 0 spiro atoms. The molecule has 0 fully saturated rings. The molecule has 0 bridgehead atoms. The van der Waals surface area contributed by atoms with Gasteiger partial charge in [0.2, 0.25) is 0 Å². The average molecular weight is 340 g/mol. The summed E-state index contributed by atoms with van der Waals surface area (Å²) < 4.78 is 18.5. The zero-order valence-corrected chi connectivity index (χ0v) is 11.2. The summed E-state index contributed by atoms with van der Waals surface area (Å²) in [7, 11) is 0. The lowest BCUT2D eigenvalue weighted by molar-refractivity contribution is 0.0525. The summed E-state index contributed by atoms with van der Waals surface area (Å²) in [6.07, 6.45) is 0. The van der Waals surface area contributed by atoms with E-state index in [0.717, 1.165) is 0 Å². The number of carbonyl (C=O) groups excluding carboxylic acids is 1. The molecule has 0 aliphatic rings. The maximum atomic E-state index is 13.1. The highest BCUT2D eigenvalue weighted by Crippen LogP contribution is 2.25. The number of halogens is 3. The second-order valence-corrected chi connectivity index (χ2v) is 4.18. The van der Waals surface area contributed by atoms with Crippen LogP contribution in [0.4, 0.5) is 4.39 Å². The average Bonchev–Trinajstić information content (AvgIpc) is 2.17. The van der Waals surface area contributed by atoms with E-state index >= 15 is 0 Å². The van der Waals surface area contributed by atoms with Crippen LogP contribution in [0.1, 0.15) is 22.8 Å². The van der Waals surface area contributed by atoms with E-state index in [4.69, 9.17) is 4.74 Å². The molecule has 0 heterocycles. The van der Waals surface area contributed by atoms with Gasteiger partial charge in [0.25, 0.3) is 0 Å². The lowest BCUT2D eigenvalue weighted by atomic mass is 10.1. The van der Waals surface area contributed by atoms with Crippen LogP contribution in [0, 0.1) is 5.82 Å². The highest BCUT2D eigenvalue weighted by molar-refractivity contribution is 9.10. The molecule has 0 radical (unpaired) electrons. The van der Waals surface area contributed by atoms with Crippen LogP contribution in [0.5, 0.6) is 0 Å². The second kappa shape index (κ2) is 5.61. The van der Waals surface area contributed by atoms with Gasteiger partial charge in [-0.1, -0.05) is 31.9 Å². The van der Waals surface area contributed by atoms with Gasteiger partial charge in [-0.2, -0.15) is 0 Å². The van der Waals surface area contributed by atoms with Crippen LogP contribution in [0.15, 0.2) is 16.6 Å². The minimum atomic E-state index is -0.507. The SMILES string of the molecule is CCOC(=O)c1cc(F)cc(Br)c1CBr. The van der Waals surface area contributed by atoms with Crippen LogP contribution in [0.2, 0.25) is 0 Å². The highest BCUT2D eigenvalue weighted by Gasteiger charge is 2.16. The van der Waals surface area contributed by atoms with Crippen molar-refractivity contribution in [3.8, 4) is 0 Å². The van der Waals surface area contributed by atoms with Gasteiger partial charge in [-0.3, -0.25) is 0 Å². The first-order valence-electron chi connectivity index (χ1n) is 4.31. The Morgan fingerprint density at radius 3 is 2.73 bits per heavy atom. The van der Waals surface area contributed by atoms with Gasteiger partial charge >= 0.3 is 5.97 Å². The zero-order valence-electron chi connectivity index (χ0n) is 8.02. The van der Waals surface area contributed by atoms with Crippen LogP contribution in [0.3, 0.4) is 0 Å². The molecule has 0 aliphatic carbocycles. The third kappa shape index (κ3) is 3.01. The van der Waals surface area contributed by atoms with Crippen LogP contribution in [-0.4, -0.2) is 12.6 Å². The molecule has 5 heteroatoms. The summed E-state index contributed by atoms with van der Waals surface area (Å²) >= 11 is 6.44. The van der Waals surface area contributed by atoms with Crippen LogP contribution >= 0.6 is 31.9 Å². The van der Waals surface area contributed by atoms with Crippen molar-refractivity contribution in [2.75, 3.05) is 6.61 Å². The number of esters is 1. The zero-order chi connectivity index (χ0) is 11.4. The summed E-state index contributed by atoms with van der Waals surface area (Å²) in [5.41, 5.74) is 0.940. The number of ether oxygens (including phenoxy) is 1. The molecule has 82 valence electrons. The quantitative estimate of drug-likeness (QED) is 0.620. The highest BCUT2D eigenvalue weighted by atomic mass is 79.9. The lowest BCUT2D eigenvalue weighted by Crippen LogP contribution is -2.08. The maximum absolute atomic E-state index is 13.1. The Bertz CT molecular complexity index is 380. The Kier molecular flexibility index (Phi) is 4.73. The van der Waals surface area contributed by atoms with E-state index in [2.05, 4.69) is 31.9 Å². The molecule has 0 aromatic heterocycles. The minimum absolute atomic E-state index is 0.251. The smallest absolute Gasteiger partial charge is 0.338 e. The van der Waals surface area contributed by atoms with E-state index in [-0.39, 0.29) is 12.2 Å². The number of benzene rings is 1. The summed E-state index contributed by atoms with van der Waals surface area (Å²) in [5.74, 6) is -0.971. The van der Waals surface area contributed by atoms with E-state index in [1.54, 1.807) is 6.92 Å². The van der Waals surface area contributed by atoms with Crippen molar-refractivity contribution in [2.24, 2.45) is 0 Å². The Morgan fingerprint density at radius 2 is 2.20 bits per heavy atom. The molecule has 1 rings (SSSR count). The van der Waals surface area contributed by atoms with Gasteiger partial charge in [0, 0.05) is 9.80 Å². The van der Waals surface area contributed by atoms with Gasteiger partial charge in [-0.25, -0.2) is 9.18 Å². The monoisotopic (exact) mass is 338 g/mol. The molecular weight excluding hydrogens is 331 g/mol. The molecule has 0 amide bonds. The Hall–Kier alpha value is -0.420. The van der Waals surface area contributed by atoms with Crippen LogP contribution < -0.4 is 0 Å². The Morgan fingerprint density at radius 1 is 1.53 bits per heavy atom. The van der Waals surface area contributed by atoms with Crippen molar-refractivity contribution < 1.29 is 13.9 Å². The van der Waals surface area contributed by atoms with Crippen molar-refractivity contribution in [3.05, 3.63) is 33.5 Å². The van der Waals surface area contributed by atoms with Gasteiger partial charge in [0.05, 0.1) is 12.2 Å². The van der Waals surface area contributed by atoms with Crippen LogP contribution in [-0.2, 0) is 10.1 Å². The summed E-state index contributed by atoms with van der Waals surface area (Å²) in [5, 5.41) is 0.460. The Labute approximate surface area is 104 Å². The molecule has 0 saturated carbocycles.